The van der Waals surface area contributed by atoms with Crippen LogP contribution in [-0.2, 0) is 0 Å². The number of hydrogen-bond acceptors (Lipinski definition) is 8. The molecule has 0 aliphatic carbocycles. The van der Waals surface area contributed by atoms with E-state index in [9.17, 15) is 30.3 Å². The van der Waals surface area contributed by atoms with Gasteiger partial charge in [-0.1, -0.05) is 18.2 Å². The minimum atomic E-state index is -1.21. The average Bonchev–Trinajstić information content (AvgIpc) is 2.64. The summed E-state index contributed by atoms with van der Waals surface area (Å²) in [6.07, 6.45) is 0. The van der Waals surface area contributed by atoms with E-state index in [1.165, 1.54) is 16.8 Å². The van der Waals surface area contributed by atoms with E-state index in [4.69, 9.17) is 5.11 Å². The van der Waals surface area contributed by atoms with Gasteiger partial charge in [-0.2, -0.15) is 0 Å². The topological polar surface area (TPSA) is 153 Å². The fourth-order valence-electron chi connectivity index (χ4n) is 2.82. The summed E-state index contributed by atoms with van der Waals surface area (Å²) in [5.74, 6) is -1.21. The van der Waals surface area contributed by atoms with Crippen molar-refractivity contribution < 1.29 is 19.9 Å². The molecule has 0 amide bonds. The Kier molecular flexibility index (Phi) is 8.00. The number of para-hydroxylation sites is 1. The molecule has 0 aromatic heterocycles. The van der Waals surface area contributed by atoms with E-state index in [2.05, 4.69) is 50.8 Å². The lowest BCUT2D eigenvalue weighted by atomic mass is 10.1. The largest absolute Gasteiger partial charge is 0.497 e. The number of non-ortho nitro benzene ring substituents is 1. The van der Waals surface area contributed by atoms with Crippen LogP contribution in [0.15, 0.2) is 30.3 Å². The lowest BCUT2D eigenvalue weighted by Gasteiger charge is -2.25. The normalized spacial score (nSPS) is 9.93. The molecule has 156 valence electrons. The van der Waals surface area contributed by atoms with Crippen molar-refractivity contribution in [3.8, 4) is 5.75 Å². The van der Waals surface area contributed by atoms with E-state index in [0.717, 1.165) is 13.1 Å². The van der Waals surface area contributed by atoms with E-state index in [-0.39, 0.29) is 0 Å². The minimum absolute atomic E-state index is 0.447. The summed E-state index contributed by atoms with van der Waals surface area (Å²) in [6, 6.07) is 7.38. The number of nitro groups is 3. The molecule has 2 aromatic rings. The highest BCUT2D eigenvalue weighted by Gasteiger charge is 2.30. The van der Waals surface area contributed by atoms with Crippen LogP contribution in [0.3, 0.4) is 0 Å². The number of rotatable bonds is 6. The molecule has 0 fully saturated rings. The maximum atomic E-state index is 10.4. The Morgan fingerprint density at radius 2 is 1.28 bits per heavy atom. The standard InChI is InChI=1S/C12H19N.C6H3N3O7/c1-5-13(6-2)12-10(3)8-7-9-11(12)4;10-6-4(8(13)14)1-3(7(11)12)2-5(6)9(15)16/h7-9H,5-6H2,1-4H3;1-2,10H. The van der Waals surface area contributed by atoms with Gasteiger partial charge in [-0.3, -0.25) is 30.3 Å². The fraction of sp³-hybridized carbons (Fsp3) is 0.333. The highest BCUT2D eigenvalue weighted by atomic mass is 16.6. The Labute approximate surface area is 166 Å². The third kappa shape index (κ3) is 5.61. The number of aryl methyl sites for hydroxylation is 2. The Morgan fingerprint density at radius 3 is 1.59 bits per heavy atom. The fourth-order valence-corrected chi connectivity index (χ4v) is 2.82. The van der Waals surface area contributed by atoms with Gasteiger partial charge in [0.15, 0.2) is 0 Å². The predicted octanol–water partition coefficient (Wildman–Crippen LogP) is 4.27. The van der Waals surface area contributed by atoms with Crippen LogP contribution in [0.2, 0.25) is 0 Å². The lowest BCUT2D eigenvalue weighted by Crippen LogP contribution is -2.23. The van der Waals surface area contributed by atoms with Crippen molar-refractivity contribution in [2.45, 2.75) is 27.7 Å². The van der Waals surface area contributed by atoms with Crippen LogP contribution in [0, 0.1) is 44.2 Å². The van der Waals surface area contributed by atoms with Crippen LogP contribution >= 0.6 is 0 Å². The molecule has 29 heavy (non-hydrogen) atoms. The molecule has 0 aliphatic heterocycles. The van der Waals surface area contributed by atoms with Gasteiger partial charge in [0.25, 0.3) is 11.4 Å². The second-order valence-electron chi connectivity index (χ2n) is 6.02. The average molecular weight is 406 g/mol. The summed E-state index contributed by atoms with van der Waals surface area (Å²) in [7, 11) is 0. The number of nitrogens with zero attached hydrogens (tertiary/aromatic N) is 4. The molecule has 0 aliphatic rings. The number of phenols is 1. The zero-order chi connectivity index (χ0) is 22.3. The number of anilines is 1. The Balaban J connectivity index is 0.000000296. The first-order valence-electron chi connectivity index (χ1n) is 8.66. The van der Waals surface area contributed by atoms with Gasteiger partial charge in [0, 0.05) is 18.8 Å². The number of benzene rings is 2. The summed E-state index contributed by atoms with van der Waals surface area (Å²) >= 11 is 0. The molecule has 2 rings (SSSR count). The molecular formula is C18H22N4O7. The molecule has 0 radical (unpaired) electrons. The van der Waals surface area contributed by atoms with Crippen LogP contribution in [0.4, 0.5) is 22.7 Å². The lowest BCUT2D eigenvalue weighted by molar-refractivity contribution is -0.404. The first-order valence-corrected chi connectivity index (χ1v) is 8.66. The predicted molar refractivity (Wildman–Crippen MR) is 108 cm³/mol. The Morgan fingerprint density at radius 1 is 0.862 bits per heavy atom. The molecule has 11 nitrogen and oxygen atoms in total. The van der Waals surface area contributed by atoms with Crippen LogP contribution in [0.25, 0.3) is 0 Å². The first-order chi connectivity index (χ1) is 13.5. The maximum Gasteiger partial charge on any atom is 0.324 e. The van der Waals surface area contributed by atoms with E-state index in [1.807, 2.05) is 0 Å². The van der Waals surface area contributed by atoms with Crippen molar-refractivity contribution in [3.63, 3.8) is 0 Å². The number of nitro benzene ring substituents is 3. The summed E-state index contributed by atoms with van der Waals surface area (Å²) in [5.41, 5.74) is 1.16. The van der Waals surface area contributed by atoms with E-state index in [0.29, 0.717) is 12.1 Å². The minimum Gasteiger partial charge on any atom is -0.497 e. The molecule has 0 unspecified atom stereocenters. The Hall–Kier alpha value is -3.76. The Bertz CT molecular complexity index is 871. The monoisotopic (exact) mass is 406 g/mol. The van der Waals surface area contributed by atoms with Gasteiger partial charge in [-0.25, -0.2) is 0 Å². The van der Waals surface area contributed by atoms with Crippen molar-refractivity contribution in [2.75, 3.05) is 18.0 Å². The summed E-state index contributed by atoms with van der Waals surface area (Å²) in [4.78, 5) is 30.2. The van der Waals surface area contributed by atoms with Crippen LogP contribution < -0.4 is 4.90 Å². The number of hydrogen-bond donors (Lipinski definition) is 1. The quantitative estimate of drug-likeness (QED) is 0.551. The van der Waals surface area contributed by atoms with Gasteiger partial charge in [-0.15, -0.1) is 0 Å². The summed E-state index contributed by atoms with van der Waals surface area (Å²) < 4.78 is 0. The highest BCUT2D eigenvalue weighted by molar-refractivity contribution is 5.64. The first kappa shape index (κ1) is 23.3. The summed E-state index contributed by atoms with van der Waals surface area (Å²) in [5, 5.41) is 40.2. The third-order valence-electron chi connectivity index (χ3n) is 4.18. The van der Waals surface area contributed by atoms with E-state index >= 15 is 0 Å². The van der Waals surface area contributed by atoms with E-state index in [1.54, 1.807) is 0 Å². The zero-order valence-corrected chi connectivity index (χ0v) is 16.5. The van der Waals surface area contributed by atoms with Gasteiger partial charge in [0.05, 0.1) is 26.9 Å². The molecule has 1 N–H and O–H groups in total. The maximum absolute atomic E-state index is 10.4. The zero-order valence-electron chi connectivity index (χ0n) is 16.5. The van der Waals surface area contributed by atoms with Crippen molar-refractivity contribution in [3.05, 3.63) is 71.8 Å². The molecule has 0 saturated heterocycles. The molecule has 11 heteroatoms. The SMILES string of the molecule is CCN(CC)c1c(C)cccc1C.O=[N+]([O-])c1cc([N+](=O)[O-])c(O)c([N+](=O)[O-])c1. The molecule has 0 saturated carbocycles. The smallest absolute Gasteiger partial charge is 0.324 e. The molecule has 0 spiro atoms. The second-order valence-corrected chi connectivity index (χ2v) is 6.02. The molecule has 0 bridgehead atoms. The van der Waals surface area contributed by atoms with Crippen molar-refractivity contribution in [2.24, 2.45) is 0 Å². The number of aromatic hydroxyl groups is 1. The van der Waals surface area contributed by atoms with Gasteiger partial charge in [0.2, 0.25) is 0 Å². The van der Waals surface area contributed by atoms with Crippen LogP contribution in [0.5, 0.6) is 5.75 Å². The van der Waals surface area contributed by atoms with Gasteiger partial charge < -0.3 is 10.0 Å². The van der Waals surface area contributed by atoms with Crippen LogP contribution in [0.1, 0.15) is 25.0 Å². The molecule has 0 atom stereocenters. The summed E-state index contributed by atoms with van der Waals surface area (Å²) in [6.45, 7) is 10.9. The van der Waals surface area contributed by atoms with Gasteiger partial charge in [-0.05, 0) is 38.8 Å². The van der Waals surface area contributed by atoms with E-state index < -0.39 is 37.6 Å². The van der Waals surface area contributed by atoms with Crippen LogP contribution in [-0.4, -0.2) is 33.0 Å². The molecule has 0 heterocycles. The third-order valence-corrected chi connectivity index (χ3v) is 4.18. The van der Waals surface area contributed by atoms with Gasteiger partial charge in [0.1, 0.15) is 0 Å². The molecular weight excluding hydrogens is 384 g/mol. The van der Waals surface area contributed by atoms with Crippen molar-refractivity contribution in [1.29, 1.82) is 0 Å². The van der Waals surface area contributed by atoms with Gasteiger partial charge >= 0.3 is 11.4 Å². The van der Waals surface area contributed by atoms with Crippen molar-refractivity contribution in [1.82, 2.24) is 0 Å². The number of phenolic OH excluding ortho intramolecular Hbond substituents is 1. The van der Waals surface area contributed by atoms with Crippen molar-refractivity contribution >= 4 is 22.7 Å². The second kappa shape index (κ2) is 9.97. The highest BCUT2D eigenvalue weighted by Crippen LogP contribution is 2.38. The molecule has 2 aromatic carbocycles.